The van der Waals surface area contributed by atoms with Crippen LogP contribution in [0.4, 0.5) is 0 Å². The first-order chi connectivity index (χ1) is 15.9. The van der Waals surface area contributed by atoms with Crippen LogP contribution in [0.5, 0.6) is 0 Å². The van der Waals surface area contributed by atoms with Crippen molar-refractivity contribution >= 4 is 5.91 Å². The molecule has 5 heteroatoms. The number of piperidine rings is 1. The van der Waals surface area contributed by atoms with Crippen LogP contribution < -0.4 is 0 Å². The lowest BCUT2D eigenvalue weighted by atomic mass is 9.81. The average molecular weight is 449 g/mol. The number of amides is 1. The second kappa shape index (κ2) is 10.7. The molecule has 2 aromatic rings. The third-order valence-corrected chi connectivity index (χ3v) is 7.57. The van der Waals surface area contributed by atoms with E-state index in [1.165, 1.54) is 16.8 Å². The Morgan fingerprint density at radius 1 is 1.06 bits per heavy atom. The van der Waals surface area contributed by atoms with Gasteiger partial charge in [-0.2, -0.15) is 5.10 Å². The molecule has 3 heterocycles. The van der Waals surface area contributed by atoms with Gasteiger partial charge in [0.05, 0.1) is 5.69 Å². The highest BCUT2D eigenvalue weighted by Crippen LogP contribution is 2.32. The number of nitrogens with zero attached hydrogens (tertiary/aromatic N) is 4. The second-order valence-electron chi connectivity index (χ2n) is 10.1. The molecule has 2 aliphatic rings. The smallest absolute Gasteiger partial charge is 0.226 e. The normalized spacial score (nSPS) is 20.6. The van der Waals surface area contributed by atoms with Gasteiger partial charge in [0.2, 0.25) is 5.91 Å². The van der Waals surface area contributed by atoms with Crippen LogP contribution in [0.25, 0.3) is 0 Å². The van der Waals surface area contributed by atoms with E-state index in [0.29, 0.717) is 17.9 Å². The Labute approximate surface area is 199 Å². The van der Waals surface area contributed by atoms with Crippen molar-refractivity contribution in [2.45, 2.75) is 66.0 Å². The summed E-state index contributed by atoms with van der Waals surface area (Å²) in [6.45, 7) is 13.4. The van der Waals surface area contributed by atoms with E-state index in [2.05, 4.69) is 78.6 Å². The third-order valence-electron chi connectivity index (χ3n) is 7.57. The number of carbonyl (C=O) groups excluding carboxylic acids is 1. The number of carbonyl (C=O) groups is 1. The molecule has 0 aliphatic carbocycles. The van der Waals surface area contributed by atoms with Gasteiger partial charge in [0.15, 0.2) is 0 Å². The molecule has 0 spiro atoms. The first kappa shape index (κ1) is 23.7. The van der Waals surface area contributed by atoms with Crippen molar-refractivity contribution in [2.75, 3.05) is 26.2 Å². The fourth-order valence-electron chi connectivity index (χ4n) is 5.54. The molecule has 1 saturated heterocycles. The van der Waals surface area contributed by atoms with Gasteiger partial charge in [0.1, 0.15) is 0 Å². The number of allylic oxidation sites excluding steroid dienone is 1. The zero-order valence-corrected chi connectivity index (χ0v) is 20.8. The molecule has 0 bridgehead atoms. The van der Waals surface area contributed by atoms with Crippen molar-refractivity contribution in [1.29, 1.82) is 0 Å². The minimum absolute atomic E-state index is 0.133. The molecule has 1 amide bonds. The molecule has 2 aliphatic heterocycles. The van der Waals surface area contributed by atoms with Crippen LogP contribution in [-0.2, 0) is 17.8 Å². The minimum Gasteiger partial charge on any atom is -0.338 e. The van der Waals surface area contributed by atoms with Gasteiger partial charge < -0.3 is 4.90 Å². The lowest BCUT2D eigenvalue weighted by Gasteiger charge is -2.36. The molecule has 0 saturated carbocycles. The summed E-state index contributed by atoms with van der Waals surface area (Å²) < 4.78 is 2.15. The number of hydrogen-bond acceptors (Lipinski definition) is 3. The summed E-state index contributed by atoms with van der Waals surface area (Å²) in [4.78, 5) is 18.1. The Hall–Kier alpha value is -2.40. The van der Waals surface area contributed by atoms with E-state index < -0.39 is 0 Å². The Morgan fingerprint density at radius 3 is 2.45 bits per heavy atom. The first-order valence-electron chi connectivity index (χ1n) is 12.7. The Bertz CT molecular complexity index is 954. The second-order valence-corrected chi connectivity index (χ2v) is 10.1. The van der Waals surface area contributed by atoms with Gasteiger partial charge in [-0.25, -0.2) is 0 Å². The molecule has 5 nitrogen and oxygen atoms in total. The molecule has 1 fully saturated rings. The van der Waals surface area contributed by atoms with Gasteiger partial charge in [-0.1, -0.05) is 42.5 Å². The maximum Gasteiger partial charge on any atom is 0.226 e. The Morgan fingerprint density at radius 2 is 1.79 bits per heavy atom. The number of hydrogen-bond donors (Lipinski definition) is 0. The zero-order valence-electron chi connectivity index (χ0n) is 20.8. The van der Waals surface area contributed by atoms with Crippen LogP contribution in [-0.4, -0.2) is 51.7 Å². The molecule has 1 aromatic heterocycles. The molecule has 1 aromatic carbocycles. The summed E-state index contributed by atoms with van der Waals surface area (Å²) in [6, 6.07) is 10.9. The third kappa shape index (κ3) is 5.57. The monoisotopic (exact) mass is 448 g/mol. The molecule has 0 radical (unpaired) electrons. The predicted molar refractivity (Wildman–Crippen MR) is 134 cm³/mol. The van der Waals surface area contributed by atoms with Gasteiger partial charge in [0.25, 0.3) is 0 Å². The van der Waals surface area contributed by atoms with Gasteiger partial charge in [0, 0.05) is 42.9 Å². The Balaban J connectivity index is 1.34. The highest BCUT2D eigenvalue weighted by Gasteiger charge is 2.34. The van der Waals surface area contributed by atoms with Crippen molar-refractivity contribution in [1.82, 2.24) is 19.6 Å². The van der Waals surface area contributed by atoms with E-state index >= 15 is 0 Å². The summed E-state index contributed by atoms with van der Waals surface area (Å²) in [6.07, 6.45) is 8.46. The molecule has 0 unspecified atom stereocenters. The van der Waals surface area contributed by atoms with Crippen molar-refractivity contribution in [3.05, 3.63) is 65.0 Å². The van der Waals surface area contributed by atoms with E-state index in [4.69, 9.17) is 5.10 Å². The molecule has 178 valence electrons. The zero-order chi connectivity index (χ0) is 23.4. The SMILES string of the molecule is Cc1nn(C(C)C)c(C)c1CN1CCC([C@@H]2CC=CCN(CCc3ccccc3)C2=O)CC1. The molecule has 0 N–H and O–H groups in total. The van der Waals surface area contributed by atoms with E-state index in [0.717, 1.165) is 64.1 Å². The van der Waals surface area contributed by atoms with Crippen LogP contribution in [0.1, 0.15) is 61.7 Å². The minimum atomic E-state index is 0.133. The predicted octanol–water partition coefficient (Wildman–Crippen LogP) is 4.94. The maximum absolute atomic E-state index is 13.5. The van der Waals surface area contributed by atoms with Crippen molar-refractivity contribution in [2.24, 2.45) is 11.8 Å². The lowest BCUT2D eigenvalue weighted by Crippen LogP contribution is -2.43. The number of rotatable bonds is 7. The van der Waals surface area contributed by atoms with Gasteiger partial charge in [-0.3, -0.25) is 14.4 Å². The topological polar surface area (TPSA) is 41.4 Å². The highest BCUT2D eigenvalue weighted by atomic mass is 16.2. The fourth-order valence-corrected chi connectivity index (χ4v) is 5.54. The van der Waals surface area contributed by atoms with Crippen LogP contribution in [0, 0.1) is 25.7 Å². The Kier molecular flexibility index (Phi) is 7.69. The van der Waals surface area contributed by atoms with E-state index in [1.54, 1.807) is 0 Å². The van der Waals surface area contributed by atoms with Gasteiger partial charge >= 0.3 is 0 Å². The number of aromatic nitrogens is 2. The summed E-state index contributed by atoms with van der Waals surface area (Å²) >= 11 is 0. The van der Waals surface area contributed by atoms with Gasteiger partial charge in [-0.05, 0) is 77.9 Å². The highest BCUT2D eigenvalue weighted by molar-refractivity contribution is 5.80. The quantitative estimate of drug-likeness (QED) is 0.564. The van der Waals surface area contributed by atoms with E-state index in [9.17, 15) is 4.79 Å². The van der Waals surface area contributed by atoms with Crippen molar-refractivity contribution < 1.29 is 4.79 Å². The molecule has 4 rings (SSSR count). The molecular weight excluding hydrogens is 408 g/mol. The van der Waals surface area contributed by atoms with E-state index in [1.807, 2.05) is 6.07 Å². The largest absolute Gasteiger partial charge is 0.338 e. The number of benzene rings is 1. The number of likely N-dealkylation sites (tertiary alicyclic amines) is 1. The van der Waals surface area contributed by atoms with E-state index in [-0.39, 0.29) is 5.92 Å². The fraction of sp³-hybridized carbons (Fsp3) is 0.571. The van der Waals surface area contributed by atoms with Crippen LogP contribution >= 0.6 is 0 Å². The summed E-state index contributed by atoms with van der Waals surface area (Å²) in [7, 11) is 0. The number of aryl methyl sites for hydroxylation is 1. The van der Waals surface area contributed by atoms with Crippen LogP contribution in [0.3, 0.4) is 0 Å². The molecule has 1 atom stereocenters. The lowest BCUT2D eigenvalue weighted by molar-refractivity contribution is -0.137. The standard InChI is InChI=1S/C28H40N4O/c1-21(2)32-23(4)27(22(3)29-32)20-30-17-14-25(15-18-30)26-12-8-9-16-31(28(26)33)19-13-24-10-6-5-7-11-24/h5-11,21,25-26H,12-20H2,1-4H3/t26-/m0/s1. The van der Waals surface area contributed by atoms with Crippen LogP contribution in [0.2, 0.25) is 0 Å². The van der Waals surface area contributed by atoms with Crippen molar-refractivity contribution in [3.8, 4) is 0 Å². The average Bonchev–Trinajstić information content (AvgIpc) is 2.98. The summed E-state index contributed by atoms with van der Waals surface area (Å²) in [5, 5.41) is 4.76. The van der Waals surface area contributed by atoms with Gasteiger partial charge in [-0.15, -0.1) is 0 Å². The van der Waals surface area contributed by atoms with Crippen LogP contribution in [0.15, 0.2) is 42.5 Å². The summed E-state index contributed by atoms with van der Waals surface area (Å²) in [5.41, 5.74) is 5.13. The maximum atomic E-state index is 13.5. The van der Waals surface area contributed by atoms with Crippen molar-refractivity contribution in [3.63, 3.8) is 0 Å². The summed E-state index contributed by atoms with van der Waals surface area (Å²) in [5.74, 6) is 0.976. The molecule has 33 heavy (non-hydrogen) atoms. The molecular formula is C28H40N4O. The first-order valence-corrected chi connectivity index (χ1v) is 12.7.